The molecule has 0 bridgehead atoms. The van der Waals surface area contributed by atoms with Gasteiger partial charge in [0.15, 0.2) is 0 Å². The van der Waals surface area contributed by atoms with Gasteiger partial charge in [0.05, 0.1) is 10.6 Å². The Hall–Kier alpha value is -1.13. The second kappa shape index (κ2) is 4.39. The van der Waals surface area contributed by atoms with Gasteiger partial charge < -0.3 is 4.42 Å². The van der Waals surface area contributed by atoms with Gasteiger partial charge in [0, 0.05) is 0 Å². The van der Waals surface area contributed by atoms with Crippen molar-refractivity contribution in [3.8, 4) is 11.5 Å². The highest BCUT2D eigenvalue weighted by Crippen LogP contribution is 2.30. The molecule has 6 heteroatoms. The topological polar surface area (TPSA) is 38.9 Å². The van der Waals surface area contributed by atoms with Crippen molar-refractivity contribution in [1.29, 1.82) is 0 Å². The minimum Gasteiger partial charge on any atom is -0.419 e. The summed E-state index contributed by atoms with van der Waals surface area (Å²) in [6, 6.07) is 4.33. The second-order valence-corrected chi connectivity index (χ2v) is 4.22. The average Bonchev–Trinajstić information content (AvgIpc) is 2.66. The van der Waals surface area contributed by atoms with Gasteiger partial charge in [-0.3, -0.25) is 0 Å². The zero-order chi connectivity index (χ0) is 11.7. The SMILES string of the molecule is CC(Cl)c1nnc(-c2c(F)cccc2Cl)o1. The molecule has 0 aliphatic rings. The van der Waals surface area contributed by atoms with Crippen molar-refractivity contribution in [3.05, 3.63) is 34.9 Å². The van der Waals surface area contributed by atoms with Gasteiger partial charge in [-0.15, -0.1) is 21.8 Å². The smallest absolute Gasteiger partial charge is 0.252 e. The first-order valence-corrected chi connectivity index (χ1v) is 5.33. The second-order valence-electron chi connectivity index (χ2n) is 3.16. The Morgan fingerprint density at radius 1 is 1.38 bits per heavy atom. The van der Waals surface area contributed by atoms with Crippen molar-refractivity contribution in [2.45, 2.75) is 12.3 Å². The number of rotatable bonds is 2. The summed E-state index contributed by atoms with van der Waals surface area (Å²) in [6.45, 7) is 1.68. The molecule has 0 N–H and O–H groups in total. The van der Waals surface area contributed by atoms with Crippen molar-refractivity contribution in [2.75, 3.05) is 0 Å². The van der Waals surface area contributed by atoms with Crippen LogP contribution >= 0.6 is 23.2 Å². The van der Waals surface area contributed by atoms with E-state index < -0.39 is 11.2 Å². The first-order valence-electron chi connectivity index (χ1n) is 4.51. The molecule has 1 unspecified atom stereocenters. The van der Waals surface area contributed by atoms with Crippen LogP contribution < -0.4 is 0 Å². The number of hydrogen-bond acceptors (Lipinski definition) is 3. The largest absolute Gasteiger partial charge is 0.419 e. The van der Waals surface area contributed by atoms with Crippen LogP contribution in [0.2, 0.25) is 5.02 Å². The Balaban J connectivity index is 2.50. The molecule has 0 saturated carbocycles. The van der Waals surface area contributed by atoms with Crippen molar-refractivity contribution in [3.63, 3.8) is 0 Å². The minimum atomic E-state index is -0.509. The summed E-state index contributed by atoms with van der Waals surface area (Å²) in [7, 11) is 0. The molecule has 0 aliphatic carbocycles. The van der Waals surface area contributed by atoms with E-state index in [0.29, 0.717) is 0 Å². The summed E-state index contributed by atoms with van der Waals surface area (Å²) < 4.78 is 18.7. The number of benzene rings is 1. The molecule has 1 heterocycles. The fourth-order valence-corrected chi connectivity index (χ4v) is 1.53. The van der Waals surface area contributed by atoms with Gasteiger partial charge >= 0.3 is 0 Å². The molecule has 0 radical (unpaired) electrons. The normalized spacial score (nSPS) is 12.8. The highest BCUT2D eigenvalue weighted by atomic mass is 35.5. The van der Waals surface area contributed by atoms with E-state index in [9.17, 15) is 4.39 Å². The van der Waals surface area contributed by atoms with Gasteiger partial charge in [-0.2, -0.15) is 0 Å². The Morgan fingerprint density at radius 3 is 2.69 bits per heavy atom. The molecular weight excluding hydrogens is 254 g/mol. The number of aromatic nitrogens is 2. The fraction of sp³-hybridized carbons (Fsp3) is 0.200. The molecule has 1 atom stereocenters. The molecule has 0 saturated heterocycles. The third-order valence-corrected chi connectivity index (χ3v) is 2.46. The summed E-state index contributed by atoms with van der Waals surface area (Å²) in [5, 5.41) is 7.20. The van der Waals surface area contributed by atoms with Crippen LogP contribution in [0.5, 0.6) is 0 Å². The maximum atomic E-state index is 13.5. The highest BCUT2D eigenvalue weighted by molar-refractivity contribution is 6.33. The van der Waals surface area contributed by atoms with Gasteiger partial charge in [0.1, 0.15) is 11.2 Å². The van der Waals surface area contributed by atoms with E-state index in [2.05, 4.69) is 10.2 Å². The summed E-state index contributed by atoms with van der Waals surface area (Å²) in [4.78, 5) is 0. The van der Waals surface area contributed by atoms with Crippen molar-refractivity contribution in [2.24, 2.45) is 0 Å². The summed E-state index contributed by atoms with van der Waals surface area (Å²) in [5.41, 5.74) is 0.0974. The van der Waals surface area contributed by atoms with Crippen LogP contribution in [0, 0.1) is 5.82 Å². The zero-order valence-corrected chi connectivity index (χ0v) is 9.76. The molecule has 2 rings (SSSR count). The minimum absolute atomic E-state index is 0.0330. The molecule has 84 valence electrons. The number of nitrogens with zero attached hydrogens (tertiary/aromatic N) is 2. The van der Waals surface area contributed by atoms with Gasteiger partial charge in [0.2, 0.25) is 5.89 Å². The lowest BCUT2D eigenvalue weighted by Crippen LogP contribution is -1.85. The lowest BCUT2D eigenvalue weighted by molar-refractivity contribution is 0.503. The van der Waals surface area contributed by atoms with Crippen LogP contribution in [0.25, 0.3) is 11.5 Å². The monoisotopic (exact) mass is 260 g/mol. The number of hydrogen-bond donors (Lipinski definition) is 0. The molecule has 0 aliphatic heterocycles. The summed E-state index contributed by atoms with van der Waals surface area (Å²) >= 11 is 11.6. The van der Waals surface area contributed by atoms with E-state index in [1.807, 2.05) is 0 Å². The van der Waals surface area contributed by atoms with Gasteiger partial charge in [-0.05, 0) is 19.1 Å². The maximum absolute atomic E-state index is 13.5. The number of alkyl halides is 1. The summed E-state index contributed by atoms with van der Waals surface area (Å²) in [5.74, 6) is -0.244. The predicted octanol–water partition coefficient (Wildman–Crippen LogP) is 3.83. The lowest BCUT2D eigenvalue weighted by Gasteiger charge is -1.99. The van der Waals surface area contributed by atoms with Gasteiger partial charge in [-0.25, -0.2) is 4.39 Å². The van der Waals surface area contributed by atoms with Gasteiger partial charge in [-0.1, -0.05) is 17.7 Å². The molecule has 2 aromatic rings. The first-order chi connectivity index (χ1) is 7.59. The third-order valence-electron chi connectivity index (χ3n) is 1.96. The first kappa shape index (κ1) is 11.4. The van der Waals surface area contributed by atoms with E-state index in [-0.39, 0.29) is 22.4 Å². The quantitative estimate of drug-likeness (QED) is 0.771. The van der Waals surface area contributed by atoms with Crippen LogP contribution in [0.15, 0.2) is 22.6 Å². The molecule has 1 aromatic carbocycles. The molecule has 3 nitrogen and oxygen atoms in total. The standard InChI is InChI=1S/C10H7Cl2FN2O/c1-5(11)9-14-15-10(16-9)8-6(12)3-2-4-7(8)13/h2-5H,1H3. The molecule has 0 fully saturated rings. The van der Waals surface area contributed by atoms with Crippen LogP contribution in [0.1, 0.15) is 18.2 Å². The van der Waals surface area contributed by atoms with Crippen molar-refractivity contribution < 1.29 is 8.81 Å². The van der Waals surface area contributed by atoms with Crippen molar-refractivity contribution in [1.82, 2.24) is 10.2 Å². The molecule has 1 aromatic heterocycles. The Morgan fingerprint density at radius 2 is 2.12 bits per heavy atom. The highest BCUT2D eigenvalue weighted by Gasteiger charge is 2.18. The van der Waals surface area contributed by atoms with Crippen LogP contribution in [0.4, 0.5) is 4.39 Å². The molecule has 0 spiro atoms. The van der Waals surface area contributed by atoms with Crippen molar-refractivity contribution >= 4 is 23.2 Å². The Labute approximate surface area is 101 Å². The molecule has 0 amide bonds. The maximum Gasteiger partial charge on any atom is 0.252 e. The van der Waals surface area contributed by atoms with E-state index in [4.69, 9.17) is 27.6 Å². The fourth-order valence-electron chi connectivity index (χ4n) is 1.20. The molecule has 16 heavy (non-hydrogen) atoms. The molecular formula is C10H7Cl2FN2O. The average molecular weight is 261 g/mol. The van der Waals surface area contributed by atoms with Crippen LogP contribution in [-0.4, -0.2) is 10.2 Å². The predicted molar refractivity (Wildman–Crippen MR) is 59.0 cm³/mol. The third kappa shape index (κ3) is 2.03. The van der Waals surface area contributed by atoms with Gasteiger partial charge in [0.25, 0.3) is 5.89 Å². The zero-order valence-electron chi connectivity index (χ0n) is 8.25. The van der Waals surface area contributed by atoms with E-state index in [0.717, 1.165) is 0 Å². The van der Waals surface area contributed by atoms with E-state index in [1.54, 1.807) is 13.0 Å². The Kier molecular flexibility index (Phi) is 3.12. The number of halogens is 3. The van der Waals surface area contributed by atoms with Crippen LogP contribution in [0.3, 0.4) is 0 Å². The van der Waals surface area contributed by atoms with E-state index in [1.165, 1.54) is 12.1 Å². The lowest BCUT2D eigenvalue weighted by atomic mass is 10.2. The van der Waals surface area contributed by atoms with Crippen LogP contribution in [-0.2, 0) is 0 Å². The Bertz CT molecular complexity index is 493. The summed E-state index contributed by atoms with van der Waals surface area (Å²) in [6.07, 6.45) is 0. The van der Waals surface area contributed by atoms with E-state index >= 15 is 0 Å².